The summed E-state index contributed by atoms with van der Waals surface area (Å²) in [7, 11) is 4.11. The average Bonchev–Trinajstić information content (AvgIpc) is 2.77. The van der Waals surface area contributed by atoms with Gasteiger partial charge in [-0.3, -0.25) is 9.78 Å². The van der Waals surface area contributed by atoms with Crippen LogP contribution in [0.4, 0.5) is 0 Å². The highest BCUT2D eigenvalue weighted by Gasteiger charge is 2.28. The topological polar surface area (TPSA) is 36.4 Å². The van der Waals surface area contributed by atoms with Crippen LogP contribution in [0.15, 0.2) is 22.9 Å². The van der Waals surface area contributed by atoms with Crippen molar-refractivity contribution in [3.05, 3.63) is 28.5 Å². The van der Waals surface area contributed by atoms with Gasteiger partial charge in [-0.25, -0.2) is 0 Å². The Hall–Kier alpha value is -0.940. The number of nitrogens with zero attached hydrogens (tertiary/aromatic N) is 3. The molecule has 0 N–H and O–H groups in total. The Morgan fingerprint density at radius 1 is 1.53 bits per heavy atom. The maximum absolute atomic E-state index is 12.2. The van der Waals surface area contributed by atoms with Crippen molar-refractivity contribution in [2.45, 2.75) is 12.5 Å². The molecule has 0 spiro atoms. The lowest BCUT2D eigenvalue weighted by molar-refractivity contribution is 0.0782. The number of likely N-dealkylation sites (N-methyl/N-ethyl adjacent to an activating group) is 1. The highest BCUT2D eigenvalue weighted by molar-refractivity contribution is 9.10. The van der Waals surface area contributed by atoms with Crippen LogP contribution in [0.3, 0.4) is 0 Å². The van der Waals surface area contributed by atoms with Crippen molar-refractivity contribution in [1.29, 1.82) is 0 Å². The first-order chi connectivity index (χ1) is 8.08. The van der Waals surface area contributed by atoms with Crippen LogP contribution in [0, 0.1) is 0 Å². The Bertz CT molecular complexity index is 422. The van der Waals surface area contributed by atoms with Crippen molar-refractivity contribution in [2.24, 2.45) is 0 Å². The molecule has 1 saturated heterocycles. The summed E-state index contributed by atoms with van der Waals surface area (Å²) in [6.07, 6.45) is 4.35. The van der Waals surface area contributed by atoms with Crippen LogP contribution in [-0.4, -0.2) is 53.9 Å². The molecule has 1 aliphatic rings. The van der Waals surface area contributed by atoms with Gasteiger partial charge < -0.3 is 9.80 Å². The summed E-state index contributed by atoms with van der Waals surface area (Å²) in [5.41, 5.74) is 0.652. The van der Waals surface area contributed by atoms with Gasteiger partial charge in [0.05, 0.1) is 5.56 Å². The molecule has 0 aliphatic carbocycles. The zero-order valence-corrected chi connectivity index (χ0v) is 11.6. The molecule has 17 heavy (non-hydrogen) atoms. The second kappa shape index (κ2) is 5.14. The fraction of sp³-hybridized carbons (Fsp3) is 0.500. The first kappa shape index (κ1) is 12.5. The van der Waals surface area contributed by atoms with Gasteiger partial charge in [0.15, 0.2) is 0 Å². The maximum Gasteiger partial charge on any atom is 0.255 e. The molecule has 1 amide bonds. The van der Waals surface area contributed by atoms with Crippen LogP contribution < -0.4 is 0 Å². The van der Waals surface area contributed by atoms with E-state index in [2.05, 4.69) is 39.9 Å². The zero-order chi connectivity index (χ0) is 12.4. The summed E-state index contributed by atoms with van der Waals surface area (Å²) in [6.45, 7) is 1.63. The van der Waals surface area contributed by atoms with Gasteiger partial charge in [0.25, 0.3) is 5.91 Å². The molecule has 1 unspecified atom stereocenters. The van der Waals surface area contributed by atoms with E-state index in [1.165, 1.54) is 0 Å². The van der Waals surface area contributed by atoms with E-state index >= 15 is 0 Å². The molecule has 0 saturated carbocycles. The Balaban J connectivity index is 2.07. The minimum atomic E-state index is 0.0724. The Labute approximate surface area is 110 Å². The predicted octanol–water partition coefficient (Wildman–Crippen LogP) is 1.62. The van der Waals surface area contributed by atoms with Crippen LogP contribution in [-0.2, 0) is 0 Å². The van der Waals surface area contributed by atoms with E-state index in [-0.39, 0.29) is 5.91 Å². The summed E-state index contributed by atoms with van der Waals surface area (Å²) in [5.74, 6) is 0.0724. The number of carbonyl (C=O) groups excluding carboxylic acids is 1. The third-order valence-electron chi connectivity index (χ3n) is 3.13. The van der Waals surface area contributed by atoms with Gasteiger partial charge in [-0.2, -0.15) is 0 Å². The minimum absolute atomic E-state index is 0.0724. The Morgan fingerprint density at radius 2 is 2.29 bits per heavy atom. The summed E-state index contributed by atoms with van der Waals surface area (Å²) in [5, 5.41) is 0. The second-order valence-electron chi connectivity index (χ2n) is 4.55. The first-order valence-electron chi connectivity index (χ1n) is 5.64. The number of halogens is 1. The molecule has 1 aliphatic heterocycles. The zero-order valence-electron chi connectivity index (χ0n) is 10.1. The van der Waals surface area contributed by atoms with Crippen molar-refractivity contribution < 1.29 is 4.79 Å². The standard InChI is InChI=1S/C12H16BrN3O/c1-15(2)11-3-4-16(8-11)12(17)9-5-10(13)7-14-6-9/h5-7,11H,3-4,8H2,1-2H3. The highest BCUT2D eigenvalue weighted by atomic mass is 79.9. The van der Waals surface area contributed by atoms with Gasteiger partial charge in [0, 0.05) is 36.0 Å². The maximum atomic E-state index is 12.2. The van der Waals surface area contributed by atoms with Crippen molar-refractivity contribution in [3.63, 3.8) is 0 Å². The van der Waals surface area contributed by atoms with Gasteiger partial charge in [0.1, 0.15) is 0 Å². The molecule has 2 heterocycles. The number of amides is 1. The highest BCUT2D eigenvalue weighted by Crippen LogP contribution is 2.17. The van der Waals surface area contributed by atoms with Gasteiger partial charge in [-0.15, -0.1) is 0 Å². The molecule has 1 atom stereocenters. The molecule has 5 heteroatoms. The van der Waals surface area contributed by atoms with Gasteiger partial charge >= 0.3 is 0 Å². The average molecular weight is 298 g/mol. The van der Waals surface area contributed by atoms with Crippen LogP contribution in [0.2, 0.25) is 0 Å². The van der Waals surface area contributed by atoms with E-state index in [0.717, 1.165) is 24.0 Å². The van der Waals surface area contributed by atoms with E-state index in [9.17, 15) is 4.79 Å². The van der Waals surface area contributed by atoms with E-state index in [1.54, 1.807) is 12.4 Å². The second-order valence-corrected chi connectivity index (χ2v) is 5.46. The quantitative estimate of drug-likeness (QED) is 0.832. The van der Waals surface area contributed by atoms with E-state index in [4.69, 9.17) is 0 Å². The van der Waals surface area contributed by atoms with Gasteiger partial charge in [-0.05, 0) is 42.5 Å². The Morgan fingerprint density at radius 3 is 2.88 bits per heavy atom. The predicted molar refractivity (Wildman–Crippen MR) is 69.9 cm³/mol. The number of likely N-dealkylation sites (tertiary alicyclic amines) is 1. The smallest absolute Gasteiger partial charge is 0.255 e. The number of carbonyl (C=O) groups is 1. The molecule has 2 rings (SSSR count). The summed E-state index contributed by atoms with van der Waals surface area (Å²) in [4.78, 5) is 20.3. The van der Waals surface area contributed by atoms with Crippen LogP contribution in [0.5, 0.6) is 0 Å². The Kier molecular flexibility index (Phi) is 3.79. The molecular weight excluding hydrogens is 282 g/mol. The van der Waals surface area contributed by atoms with E-state index in [0.29, 0.717) is 11.6 Å². The van der Waals surface area contributed by atoms with E-state index in [1.807, 2.05) is 11.0 Å². The van der Waals surface area contributed by atoms with Crippen LogP contribution in [0.1, 0.15) is 16.8 Å². The number of rotatable bonds is 2. The van der Waals surface area contributed by atoms with Gasteiger partial charge in [-0.1, -0.05) is 0 Å². The summed E-state index contributed by atoms with van der Waals surface area (Å²) >= 11 is 3.33. The molecule has 92 valence electrons. The lowest BCUT2D eigenvalue weighted by Gasteiger charge is -2.20. The molecule has 4 nitrogen and oxygen atoms in total. The van der Waals surface area contributed by atoms with Crippen LogP contribution in [0.25, 0.3) is 0 Å². The van der Waals surface area contributed by atoms with Crippen molar-refractivity contribution in [3.8, 4) is 0 Å². The monoisotopic (exact) mass is 297 g/mol. The molecule has 1 fully saturated rings. The summed E-state index contributed by atoms with van der Waals surface area (Å²) < 4.78 is 0.840. The fourth-order valence-electron chi connectivity index (χ4n) is 2.06. The number of pyridine rings is 1. The third-order valence-corrected chi connectivity index (χ3v) is 3.57. The first-order valence-corrected chi connectivity index (χ1v) is 6.43. The van der Waals surface area contributed by atoms with Crippen molar-refractivity contribution in [2.75, 3.05) is 27.2 Å². The normalized spacial score (nSPS) is 20.0. The molecule has 1 aromatic rings. The molecule has 0 radical (unpaired) electrons. The van der Waals surface area contributed by atoms with Crippen molar-refractivity contribution in [1.82, 2.24) is 14.8 Å². The van der Waals surface area contributed by atoms with Crippen LogP contribution >= 0.6 is 15.9 Å². The lowest BCUT2D eigenvalue weighted by Crippen LogP contribution is -2.34. The number of hydrogen-bond donors (Lipinski definition) is 0. The van der Waals surface area contributed by atoms with Crippen molar-refractivity contribution >= 4 is 21.8 Å². The summed E-state index contributed by atoms with van der Waals surface area (Å²) in [6, 6.07) is 2.29. The van der Waals surface area contributed by atoms with E-state index < -0.39 is 0 Å². The number of aromatic nitrogens is 1. The molecule has 0 aromatic carbocycles. The fourth-order valence-corrected chi connectivity index (χ4v) is 2.42. The molecular formula is C12H16BrN3O. The molecule has 1 aromatic heterocycles. The number of hydrogen-bond acceptors (Lipinski definition) is 3. The lowest BCUT2D eigenvalue weighted by atomic mass is 10.2. The van der Waals surface area contributed by atoms with Gasteiger partial charge in [0.2, 0.25) is 0 Å². The SMILES string of the molecule is CN(C)C1CCN(C(=O)c2cncc(Br)c2)C1. The minimum Gasteiger partial charge on any atom is -0.337 e. The largest absolute Gasteiger partial charge is 0.337 e. The molecule has 0 bridgehead atoms. The third kappa shape index (κ3) is 2.84.